The van der Waals surface area contributed by atoms with Gasteiger partial charge in [0.2, 0.25) is 5.91 Å². The van der Waals surface area contributed by atoms with E-state index in [0.29, 0.717) is 42.3 Å². The van der Waals surface area contributed by atoms with Crippen molar-refractivity contribution >= 4 is 84.0 Å². The fourth-order valence-corrected chi connectivity index (χ4v) is 5.29. The van der Waals surface area contributed by atoms with E-state index in [4.69, 9.17) is 21.1 Å². The highest BCUT2D eigenvalue weighted by Crippen LogP contribution is 2.39. The molecule has 0 aliphatic carbocycles. The van der Waals surface area contributed by atoms with E-state index >= 15 is 0 Å². The Hall–Kier alpha value is -2.86. The number of halogens is 4. The number of methoxy groups -OCH3 is 1. The molecule has 0 atom stereocenters. The maximum atomic E-state index is 13.5. The Bertz CT molecular complexity index is 1470. The molecule has 1 N–H and O–H groups in total. The molecule has 0 aromatic heterocycles. The molecule has 12 heteroatoms. The highest BCUT2D eigenvalue weighted by atomic mass is 79.9. The number of amides is 3. The predicted octanol–water partition coefficient (Wildman–Crippen LogP) is 7.27. The van der Waals surface area contributed by atoms with Crippen molar-refractivity contribution in [2.24, 2.45) is 0 Å². The topological polar surface area (TPSA) is 84.9 Å². The first-order valence-electron chi connectivity index (χ1n) is 10.9. The molecule has 3 aromatic carbocycles. The fraction of sp³-hybridized carbons (Fsp3) is 0.115. The van der Waals surface area contributed by atoms with Crippen LogP contribution in [-0.4, -0.2) is 35.6 Å². The van der Waals surface area contributed by atoms with Crippen LogP contribution in [0.4, 0.5) is 14.9 Å². The number of nitrogens with one attached hydrogen (secondary N) is 1. The van der Waals surface area contributed by atoms with Gasteiger partial charge in [-0.3, -0.25) is 19.3 Å². The lowest BCUT2D eigenvalue weighted by Crippen LogP contribution is -2.36. The van der Waals surface area contributed by atoms with Crippen molar-refractivity contribution in [3.05, 3.63) is 90.4 Å². The number of carbonyl (C=O) groups is 3. The average Bonchev–Trinajstić information content (AvgIpc) is 3.12. The Balaban J connectivity index is 1.46. The number of benzene rings is 3. The first-order valence-corrected chi connectivity index (χ1v) is 13.7. The Morgan fingerprint density at radius 1 is 1.13 bits per heavy atom. The summed E-state index contributed by atoms with van der Waals surface area (Å²) >= 11 is 13.5. The molecular formula is C26H18Br2ClFN2O5S. The van der Waals surface area contributed by atoms with E-state index in [0.717, 1.165) is 16.7 Å². The first kappa shape index (κ1) is 28.2. The molecule has 1 aliphatic heterocycles. The lowest BCUT2D eigenvalue weighted by atomic mass is 10.1. The summed E-state index contributed by atoms with van der Waals surface area (Å²) in [6, 6.07) is 14.3. The third-order valence-electron chi connectivity index (χ3n) is 5.20. The van der Waals surface area contributed by atoms with E-state index in [1.807, 2.05) is 0 Å². The van der Waals surface area contributed by atoms with Crippen LogP contribution in [-0.2, 0) is 16.2 Å². The molecule has 0 bridgehead atoms. The Kier molecular flexibility index (Phi) is 9.14. The lowest BCUT2D eigenvalue weighted by Gasteiger charge is -2.14. The average molecular weight is 685 g/mol. The zero-order valence-corrected chi connectivity index (χ0v) is 24.3. The number of hydrogen-bond donors (Lipinski definition) is 1. The van der Waals surface area contributed by atoms with E-state index in [9.17, 15) is 18.8 Å². The third kappa shape index (κ3) is 6.76. The van der Waals surface area contributed by atoms with Crippen molar-refractivity contribution < 1.29 is 28.2 Å². The van der Waals surface area contributed by atoms with Crippen LogP contribution in [0.15, 0.2) is 68.4 Å². The number of anilines is 1. The van der Waals surface area contributed by atoms with Crippen molar-refractivity contribution in [3.63, 3.8) is 0 Å². The van der Waals surface area contributed by atoms with Crippen LogP contribution in [0.25, 0.3) is 6.08 Å². The second-order valence-corrected chi connectivity index (χ2v) is 11.0. The summed E-state index contributed by atoms with van der Waals surface area (Å²) in [7, 11) is 1.46. The predicted molar refractivity (Wildman–Crippen MR) is 152 cm³/mol. The monoisotopic (exact) mass is 682 g/mol. The molecule has 0 radical (unpaired) electrons. The Morgan fingerprint density at radius 2 is 1.92 bits per heavy atom. The van der Waals surface area contributed by atoms with Gasteiger partial charge in [-0.25, -0.2) is 4.39 Å². The highest BCUT2D eigenvalue weighted by molar-refractivity contribution is 9.10. The number of nitrogens with zero attached hydrogens (tertiary/aromatic N) is 1. The second-order valence-electron chi connectivity index (χ2n) is 7.90. The third-order valence-corrected chi connectivity index (χ3v) is 7.93. The highest BCUT2D eigenvalue weighted by Gasteiger charge is 2.36. The Labute approximate surface area is 243 Å². The van der Waals surface area contributed by atoms with E-state index in [2.05, 4.69) is 37.2 Å². The maximum absolute atomic E-state index is 13.5. The summed E-state index contributed by atoms with van der Waals surface area (Å²) in [6.45, 7) is -0.338. The molecule has 196 valence electrons. The summed E-state index contributed by atoms with van der Waals surface area (Å²) in [5.41, 5.74) is 1.64. The molecule has 7 nitrogen and oxygen atoms in total. The van der Waals surface area contributed by atoms with Gasteiger partial charge in [-0.15, -0.1) is 0 Å². The van der Waals surface area contributed by atoms with Crippen LogP contribution in [0.3, 0.4) is 0 Å². The van der Waals surface area contributed by atoms with Crippen LogP contribution < -0.4 is 14.8 Å². The molecule has 1 heterocycles. The number of thioether (sulfide) groups is 1. The Morgan fingerprint density at radius 3 is 2.63 bits per heavy atom. The second kappa shape index (κ2) is 12.3. The van der Waals surface area contributed by atoms with Crippen LogP contribution >= 0.6 is 55.2 Å². The van der Waals surface area contributed by atoms with Crippen molar-refractivity contribution in [2.45, 2.75) is 6.61 Å². The summed E-state index contributed by atoms with van der Waals surface area (Å²) < 4.78 is 26.0. The van der Waals surface area contributed by atoms with Gasteiger partial charge < -0.3 is 14.8 Å². The van der Waals surface area contributed by atoms with E-state index in [1.165, 1.54) is 25.3 Å². The number of hydrogen-bond acceptors (Lipinski definition) is 6. The maximum Gasteiger partial charge on any atom is 0.294 e. The molecule has 1 aliphatic rings. The molecule has 0 saturated carbocycles. The van der Waals surface area contributed by atoms with Gasteiger partial charge in [0.25, 0.3) is 11.1 Å². The molecule has 38 heavy (non-hydrogen) atoms. The van der Waals surface area contributed by atoms with Gasteiger partial charge in [0.1, 0.15) is 19.0 Å². The minimum Gasteiger partial charge on any atom is -0.493 e. The SMILES string of the molecule is COc1cc(/C=C2/SC(=O)N(CC(=O)Nc3ccc(Br)c(Cl)c3)C2=O)cc(Br)c1OCc1cccc(F)c1. The van der Waals surface area contributed by atoms with Gasteiger partial charge in [-0.1, -0.05) is 23.7 Å². The first-order chi connectivity index (χ1) is 18.1. The van der Waals surface area contributed by atoms with Gasteiger partial charge in [0.15, 0.2) is 11.5 Å². The molecule has 0 spiro atoms. The summed E-state index contributed by atoms with van der Waals surface area (Å²) in [5, 5.41) is 2.46. The van der Waals surface area contributed by atoms with Crippen LogP contribution in [0.5, 0.6) is 11.5 Å². The van der Waals surface area contributed by atoms with Crippen LogP contribution in [0, 0.1) is 5.82 Å². The smallest absolute Gasteiger partial charge is 0.294 e. The largest absolute Gasteiger partial charge is 0.493 e. The van der Waals surface area contributed by atoms with Crippen molar-refractivity contribution in [3.8, 4) is 11.5 Å². The molecular weight excluding hydrogens is 667 g/mol. The number of rotatable bonds is 8. The van der Waals surface area contributed by atoms with E-state index in [1.54, 1.807) is 42.5 Å². The number of ether oxygens (including phenoxy) is 2. The molecule has 1 fully saturated rings. The summed E-state index contributed by atoms with van der Waals surface area (Å²) in [5.74, 6) is -0.737. The quantitative estimate of drug-likeness (QED) is 0.252. The molecule has 3 aromatic rings. The molecule has 3 amide bonds. The molecule has 1 saturated heterocycles. The number of imide groups is 1. The molecule has 0 unspecified atom stereocenters. The minimum atomic E-state index is -0.592. The summed E-state index contributed by atoms with van der Waals surface area (Å²) in [4.78, 5) is 38.9. The van der Waals surface area contributed by atoms with E-state index in [-0.39, 0.29) is 17.3 Å². The number of carbonyl (C=O) groups excluding carboxylic acids is 3. The van der Waals surface area contributed by atoms with Gasteiger partial charge in [0, 0.05) is 10.2 Å². The van der Waals surface area contributed by atoms with Gasteiger partial charge in [-0.05, 0) is 103 Å². The normalized spacial score (nSPS) is 14.2. The van der Waals surface area contributed by atoms with Crippen LogP contribution in [0.1, 0.15) is 11.1 Å². The summed E-state index contributed by atoms with van der Waals surface area (Å²) in [6.07, 6.45) is 1.53. The molecule has 4 rings (SSSR count). The van der Waals surface area contributed by atoms with Gasteiger partial charge in [0.05, 0.1) is 21.5 Å². The fourth-order valence-electron chi connectivity index (χ4n) is 3.45. The van der Waals surface area contributed by atoms with Gasteiger partial charge in [-0.2, -0.15) is 0 Å². The minimum absolute atomic E-state index is 0.111. The van der Waals surface area contributed by atoms with Crippen molar-refractivity contribution in [2.75, 3.05) is 19.0 Å². The van der Waals surface area contributed by atoms with Gasteiger partial charge >= 0.3 is 0 Å². The van der Waals surface area contributed by atoms with Crippen molar-refractivity contribution in [1.29, 1.82) is 0 Å². The van der Waals surface area contributed by atoms with Crippen LogP contribution in [0.2, 0.25) is 5.02 Å². The standard InChI is InChI=1S/C26H18Br2ClFN2O5S/c1-36-21-9-15(8-19(28)24(21)37-13-14-3-2-4-16(30)7-14)10-22-25(34)32(26(35)38-22)12-23(33)31-17-5-6-18(27)20(29)11-17/h2-11H,12-13H2,1H3,(H,31,33)/b22-10+. The lowest BCUT2D eigenvalue weighted by molar-refractivity contribution is -0.127. The zero-order valence-electron chi connectivity index (χ0n) is 19.6. The van der Waals surface area contributed by atoms with Crippen molar-refractivity contribution in [1.82, 2.24) is 4.90 Å². The van der Waals surface area contributed by atoms with E-state index < -0.39 is 23.6 Å². The zero-order chi connectivity index (χ0) is 27.4.